The fourth-order valence-corrected chi connectivity index (χ4v) is 1.48. The summed E-state index contributed by atoms with van der Waals surface area (Å²) >= 11 is 0. The molecule has 0 aliphatic carbocycles. The van der Waals surface area contributed by atoms with Crippen molar-refractivity contribution < 1.29 is 19.7 Å². The Morgan fingerprint density at radius 3 is 2.53 bits per heavy atom. The van der Waals surface area contributed by atoms with E-state index < -0.39 is 6.10 Å². The van der Waals surface area contributed by atoms with Crippen LogP contribution in [-0.2, 0) is 9.53 Å². The third kappa shape index (κ3) is 11.4. The monoisotopic (exact) mass is 244 g/mol. The molecule has 17 heavy (non-hydrogen) atoms. The minimum atomic E-state index is -0.727. The van der Waals surface area contributed by atoms with E-state index in [1.807, 2.05) is 6.08 Å². The Balaban J connectivity index is 3.19. The average molecular weight is 244 g/mol. The van der Waals surface area contributed by atoms with Gasteiger partial charge in [-0.3, -0.25) is 4.79 Å². The summed E-state index contributed by atoms with van der Waals surface area (Å²) in [4.78, 5) is 10.8. The minimum Gasteiger partial charge on any atom is -0.469 e. The van der Waals surface area contributed by atoms with Gasteiger partial charge in [-0.2, -0.15) is 0 Å². The number of esters is 1. The van der Waals surface area contributed by atoms with E-state index in [-0.39, 0.29) is 12.6 Å². The quantitative estimate of drug-likeness (QED) is 0.349. The van der Waals surface area contributed by atoms with Crippen LogP contribution in [-0.4, -0.2) is 36.0 Å². The second-order valence-electron chi connectivity index (χ2n) is 4.06. The third-order valence-electron chi connectivity index (χ3n) is 2.52. The van der Waals surface area contributed by atoms with E-state index in [4.69, 9.17) is 10.2 Å². The van der Waals surface area contributed by atoms with Crippen molar-refractivity contribution in [3.05, 3.63) is 12.2 Å². The first-order valence-corrected chi connectivity index (χ1v) is 6.23. The molecule has 0 amide bonds. The number of carbonyl (C=O) groups excluding carboxylic acids is 1. The number of hydrogen-bond acceptors (Lipinski definition) is 4. The van der Waals surface area contributed by atoms with Crippen LogP contribution >= 0.6 is 0 Å². The van der Waals surface area contributed by atoms with Crippen LogP contribution in [0.1, 0.15) is 44.9 Å². The van der Waals surface area contributed by atoms with Crippen molar-refractivity contribution in [3.8, 4) is 0 Å². The lowest BCUT2D eigenvalue weighted by atomic mass is 10.1. The summed E-state index contributed by atoms with van der Waals surface area (Å²) in [5.74, 6) is -0.133. The summed E-state index contributed by atoms with van der Waals surface area (Å²) in [5, 5.41) is 17.6. The number of hydrogen-bond donors (Lipinski definition) is 2. The normalized spacial score (nSPS) is 12.9. The molecule has 0 heterocycles. The molecule has 0 spiro atoms. The highest BCUT2D eigenvalue weighted by Crippen LogP contribution is 2.08. The zero-order valence-corrected chi connectivity index (χ0v) is 10.6. The van der Waals surface area contributed by atoms with Crippen LogP contribution in [0.5, 0.6) is 0 Å². The Hall–Kier alpha value is -0.870. The predicted molar refractivity (Wildman–Crippen MR) is 66.6 cm³/mol. The van der Waals surface area contributed by atoms with Gasteiger partial charge in [0.15, 0.2) is 0 Å². The Morgan fingerprint density at radius 2 is 1.88 bits per heavy atom. The average Bonchev–Trinajstić information content (AvgIpc) is 2.35. The number of ether oxygens (including phenoxy) is 1. The van der Waals surface area contributed by atoms with Gasteiger partial charge in [0.05, 0.1) is 19.8 Å². The maximum Gasteiger partial charge on any atom is 0.305 e. The first-order valence-electron chi connectivity index (χ1n) is 6.23. The van der Waals surface area contributed by atoms with Crippen LogP contribution < -0.4 is 0 Å². The molecule has 100 valence electrons. The highest BCUT2D eigenvalue weighted by Gasteiger charge is 1.98. The van der Waals surface area contributed by atoms with Gasteiger partial charge in [0.2, 0.25) is 0 Å². The lowest BCUT2D eigenvalue weighted by Crippen LogP contribution is -2.06. The van der Waals surface area contributed by atoms with Gasteiger partial charge in [-0.25, -0.2) is 0 Å². The maximum absolute atomic E-state index is 10.8. The Kier molecular flexibility index (Phi) is 11.0. The third-order valence-corrected chi connectivity index (χ3v) is 2.52. The topological polar surface area (TPSA) is 66.8 Å². The molecule has 0 radical (unpaired) electrons. The molecule has 0 aromatic rings. The number of unbranched alkanes of at least 4 members (excludes halogenated alkanes) is 5. The lowest BCUT2D eigenvalue weighted by Gasteiger charge is -2.01. The van der Waals surface area contributed by atoms with Gasteiger partial charge in [-0.05, 0) is 19.3 Å². The smallest absolute Gasteiger partial charge is 0.305 e. The van der Waals surface area contributed by atoms with Crippen molar-refractivity contribution in [2.75, 3.05) is 13.7 Å². The van der Waals surface area contributed by atoms with Crippen LogP contribution in [0.3, 0.4) is 0 Å². The van der Waals surface area contributed by atoms with Crippen molar-refractivity contribution in [2.24, 2.45) is 0 Å². The van der Waals surface area contributed by atoms with Gasteiger partial charge < -0.3 is 14.9 Å². The molecular formula is C13H24O4. The molecule has 0 bridgehead atoms. The molecule has 2 N–H and O–H groups in total. The second-order valence-corrected chi connectivity index (χ2v) is 4.06. The maximum atomic E-state index is 10.8. The van der Waals surface area contributed by atoms with Gasteiger partial charge in [0.25, 0.3) is 0 Å². The molecule has 0 unspecified atom stereocenters. The summed E-state index contributed by atoms with van der Waals surface area (Å²) in [6.07, 6.45) is 9.50. The van der Waals surface area contributed by atoms with E-state index in [1.165, 1.54) is 7.11 Å². The fourth-order valence-electron chi connectivity index (χ4n) is 1.48. The summed E-state index contributed by atoms with van der Waals surface area (Å²) in [7, 11) is 1.41. The molecule has 0 rings (SSSR count). The van der Waals surface area contributed by atoms with Crippen LogP contribution in [0.25, 0.3) is 0 Å². The zero-order valence-electron chi connectivity index (χ0n) is 10.6. The SMILES string of the molecule is COC(=O)CCCCCCC/C=C\[C@H](O)CO. The molecular weight excluding hydrogens is 220 g/mol. The van der Waals surface area contributed by atoms with Crippen molar-refractivity contribution in [1.29, 1.82) is 0 Å². The Labute approximate surface area is 103 Å². The molecule has 0 aromatic heterocycles. The van der Waals surface area contributed by atoms with E-state index in [0.29, 0.717) is 6.42 Å². The van der Waals surface area contributed by atoms with Gasteiger partial charge in [-0.1, -0.05) is 31.4 Å². The number of allylic oxidation sites excluding steroid dienone is 1. The van der Waals surface area contributed by atoms with Crippen LogP contribution in [0.2, 0.25) is 0 Å². The standard InChI is InChI=1S/C13H24O4/c1-17-13(16)10-8-6-4-2-3-5-7-9-12(15)11-14/h7,9,12,14-15H,2-6,8,10-11H2,1H3/b9-7-/t12-/m0/s1. The van der Waals surface area contributed by atoms with Crippen LogP contribution in [0.4, 0.5) is 0 Å². The summed E-state index contributed by atoms with van der Waals surface area (Å²) in [5.41, 5.74) is 0. The van der Waals surface area contributed by atoms with Gasteiger partial charge in [0, 0.05) is 6.42 Å². The predicted octanol–water partition coefficient (Wildman–Crippen LogP) is 1.80. The zero-order chi connectivity index (χ0) is 12.9. The highest BCUT2D eigenvalue weighted by molar-refractivity contribution is 5.68. The first-order chi connectivity index (χ1) is 8.20. The number of carbonyl (C=O) groups is 1. The van der Waals surface area contributed by atoms with Crippen molar-refractivity contribution in [2.45, 2.75) is 51.0 Å². The van der Waals surface area contributed by atoms with E-state index in [0.717, 1.165) is 38.5 Å². The van der Waals surface area contributed by atoms with Gasteiger partial charge in [0.1, 0.15) is 0 Å². The molecule has 1 atom stereocenters. The number of aliphatic hydroxyl groups is 2. The molecule has 0 aliphatic heterocycles. The molecule has 0 aromatic carbocycles. The lowest BCUT2D eigenvalue weighted by molar-refractivity contribution is -0.140. The van der Waals surface area contributed by atoms with Crippen molar-refractivity contribution in [1.82, 2.24) is 0 Å². The summed E-state index contributed by atoms with van der Waals surface area (Å²) < 4.78 is 4.55. The Morgan fingerprint density at radius 1 is 1.24 bits per heavy atom. The first kappa shape index (κ1) is 16.1. The largest absolute Gasteiger partial charge is 0.469 e. The van der Waals surface area contributed by atoms with E-state index in [9.17, 15) is 4.79 Å². The second kappa shape index (κ2) is 11.6. The Bertz CT molecular complexity index is 213. The molecule has 4 nitrogen and oxygen atoms in total. The highest BCUT2D eigenvalue weighted by atomic mass is 16.5. The van der Waals surface area contributed by atoms with Crippen molar-refractivity contribution >= 4 is 5.97 Å². The molecule has 0 fully saturated rings. The van der Waals surface area contributed by atoms with Gasteiger partial charge >= 0.3 is 5.97 Å². The summed E-state index contributed by atoms with van der Waals surface area (Å²) in [6, 6.07) is 0. The minimum absolute atomic E-state index is 0.133. The molecule has 0 saturated carbocycles. The van der Waals surface area contributed by atoms with Gasteiger partial charge in [-0.15, -0.1) is 0 Å². The van der Waals surface area contributed by atoms with Crippen LogP contribution in [0, 0.1) is 0 Å². The molecule has 0 aliphatic rings. The number of methoxy groups -OCH3 is 1. The van der Waals surface area contributed by atoms with E-state index in [1.54, 1.807) is 6.08 Å². The van der Waals surface area contributed by atoms with E-state index in [2.05, 4.69) is 4.74 Å². The van der Waals surface area contributed by atoms with E-state index >= 15 is 0 Å². The number of aliphatic hydroxyl groups excluding tert-OH is 2. The molecule has 0 saturated heterocycles. The van der Waals surface area contributed by atoms with Crippen molar-refractivity contribution in [3.63, 3.8) is 0 Å². The number of rotatable bonds is 10. The molecule has 4 heteroatoms. The summed E-state index contributed by atoms with van der Waals surface area (Å²) in [6.45, 7) is -0.218. The van der Waals surface area contributed by atoms with Crippen LogP contribution in [0.15, 0.2) is 12.2 Å². The fraction of sp³-hybridized carbons (Fsp3) is 0.769.